The van der Waals surface area contributed by atoms with E-state index in [9.17, 15) is 0 Å². The lowest BCUT2D eigenvalue weighted by molar-refractivity contribution is 0.964. The number of aromatic nitrogens is 1. The van der Waals surface area contributed by atoms with Crippen LogP contribution in [-0.4, -0.2) is 10.7 Å². The van der Waals surface area contributed by atoms with Crippen molar-refractivity contribution in [1.29, 1.82) is 0 Å². The van der Waals surface area contributed by atoms with Crippen molar-refractivity contribution in [3.8, 4) is 0 Å². The monoisotopic (exact) mass is 196 g/mol. The second-order valence-electron chi connectivity index (χ2n) is 2.87. The van der Waals surface area contributed by atoms with E-state index in [2.05, 4.69) is 18.0 Å². The van der Waals surface area contributed by atoms with Crippen LogP contribution in [0.4, 0.5) is 0 Å². The van der Waals surface area contributed by atoms with Crippen molar-refractivity contribution in [2.75, 3.05) is 5.75 Å². The number of hydrogen-bond donors (Lipinski definition) is 1. The summed E-state index contributed by atoms with van der Waals surface area (Å²) in [6.07, 6.45) is 3.03. The Kier molecular flexibility index (Phi) is 4.86. The van der Waals surface area contributed by atoms with Crippen molar-refractivity contribution in [3.63, 3.8) is 0 Å². The molecule has 0 fully saturated rings. The first kappa shape index (κ1) is 10.5. The molecule has 2 N–H and O–H groups in total. The van der Waals surface area contributed by atoms with E-state index < -0.39 is 0 Å². The summed E-state index contributed by atoms with van der Waals surface area (Å²) < 4.78 is 0. The van der Waals surface area contributed by atoms with Crippen LogP contribution in [0, 0.1) is 0 Å². The minimum atomic E-state index is 0.545. The molecule has 72 valence electrons. The number of thioether (sulfide) groups is 1. The number of pyridine rings is 1. The molecule has 0 saturated heterocycles. The van der Waals surface area contributed by atoms with Crippen molar-refractivity contribution in [2.45, 2.75) is 25.6 Å². The summed E-state index contributed by atoms with van der Waals surface area (Å²) in [6.45, 7) is 2.74. The van der Waals surface area contributed by atoms with E-state index in [1.165, 1.54) is 17.7 Å². The van der Waals surface area contributed by atoms with Gasteiger partial charge in [-0.2, -0.15) is 11.8 Å². The molecule has 1 rings (SSSR count). The molecule has 0 aliphatic carbocycles. The van der Waals surface area contributed by atoms with E-state index in [0.717, 1.165) is 11.4 Å². The molecule has 0 aliphatic rings. The second kappa shape index (κ2) is 6.00. The van der Waals surface area contributed by atoms with Gasteiger partial charge in [-0.25, -0.2) is 0 Å². The van der Waals surface area contributed by atoms with Gasteiger partial charge >= 0.3 is 0 Å². The summed E-state index contributed by atoms with van der Waals surface area (Å²) in [4.78, 5) is 4.24. The normalized spacial score (nSPS) is 10.3. The predicted molar refractivity (Wildman–Crippen MR) is 58.6 cm³/mol. The van der Waals surface area contributed by atoms with Crippen LogP contribution < -0.4 is 5.73 Å². The van der Waals surface area contributed by atoms with Gasteiger partial charge in [0.2, 0.25) is 0 Å². The van der Waals surface area contributed by atoms with Crippen LogP contribution >= 0.6 is 11.8 Å². The van der Waals surface area contributed by atoms with Crippen molar-refractivity contribution >= 4 is 11.8 Å². The Bertz CT molecular complexity index is 250. The zero-order valence-corrected chi connectivity index (χ0v) is 8.81. The van der Waals surface area contributed by atoms with Gasteiger partial charge in [0.15, 0.2) is 0 Å². The summed E-state index contributed by atoms with van der Waals surface area (Å²) in [5, 5.41) is 0. The molecule has 0 radical (unpaired) electrons. The topological polar surface area (TPSA) is 38.9 Å². The molecule has 2 nitrogen and oxygen atoms in total. The molecule has 0 spiro atoms. The van der Waals surface area contributed by atoms with E-state index >= 15 is 0 Å². The summed E-state index contributed by atoms with van der Waals surface area (Å²) in [5.74, 6) is 2.24. The SMILES string of the molecule is CCCSCc1cccnc1CN. The molecular formula is C10H16N2S. The Labute approximate surface area is 83.9 Å². The van der Waals surface area contributed by atoms with Crippen molar-refractivity contribution in [2.24, 2.45) is 5.73 Å². The highest BCUT2D eigenvalue weighted by Gasteiger charge is 2.00. The maximum absolute atomic E-state index is 5.58. The molecule has 0 aliphatic heterocycles. The van der Waals surface area contributed by atoms with Crippen molar-refractivity contribution < 1.29 is 0 Å². The van der Waals surface area contributed by atoms with Gasteiger partial charge in [-0.1, -0.05) is 13.0 Å². The van der Waals surface area contributed by atoms with Gasteiger partial charge in [0, 0.05) is 18.5 Å². The molecule has 0 atom stereocenters. The van der Waals surface area contributed by atoms with Crippen LogP contribution in [0.3, 0.4) is 0 Å². The fourth-order valence-electron chi connectivity index (χ4n) is 1.11. The van der Waals surface area contributed by atoms with E-state index in [-0.39, 0.29) is 0 Å². The van der Waals surface area contributed by atoms with E-state index in [1.807, 2.05) is 17.8 Å². The molecular weight excluding hydrogens is 180 g/mol. The van der Waals surface area contributed by atoms with Gasteiger partial charge in [-0.15, -0.1) is 0 Å². The highest BCUT2D eigenvalue weighted by atomic mass is 32.2. The second-order valence-corrected chi connectivity index (χ2v) is 3.97. The Morgan fingerprint density at radius 2 is 2.38 bits per heavy atom. The Morgan fingerprint density at radius 3 is 3.08 bits per heavy atom. The highest BCUT2D eigenvalue weighted by Crippen LogP contribution is 2.14. The van der Waals surface area contributed by atoms with Crippen LogP contribution in [0.2, 0.25) is 0 Å². The summed E-state index contributed by atoms with van der Waals surface area (Å²) in [7, 11) is 0. The lowest BCUT2D eigenvalue weighted by atomic mass is 10.2. The molecule has 1 heterocycles. The quantitative estimate of drug-likeness (QED) is 0.734. The smallest absolute Gasteiger partial charge is 0.0579 e. The minimum Gasteiger partial charge on any atom is -0.325 e. The number of hydrogen-bond acceptors (Lipinski definition) is 3. The Hall–Kier alpha value is -0.540. The van der Waals surface area contributed by atoms with Crippen LogP contribution in [0.15, 0.2) is 18.3 Å². The van der Waals surface area contributed by atoms with Gasteiger partial charge in [0.25, 0.3) is 0 Å². The lowest BCUT2D eigenvalue weighted by Crippen LogP contribution is -2.03. The average Bonchev–Trinajstić information content (AvgIpc) is 2.19. The summed E-state index contributed by atoms with van der Waals surface area (Å²) in [5.41, 5.74) is 7.90. The van der Waals surface area contributed by atoms with Gasteiger partial charge in [0.05, 0.1) is 5.69 Å². The molecule has 1 aromatic heterocycles. The van der Waals surface area contributed by atoms with Crippen molar-refractivity contribution in [3.05, 3.63) is 29.6 Å². The zero-order valence-electron chi connectivity index (χ0n) is 7.99. The van der Waals surface area contributed by atoms with Gasteiger partial charge in [-0.3, -0.25) is 4.98 Å². The molecule has 0 amide bonds. The molecule has 0 saturated carbocycles. The maximum atomic E-state index is 5.58. The van der Waals surface area contributed by atoms with Gasteiger partial charge in [-0.05, 0) is 23.8 Å². The third-order valence-electron chi connectivity index (χ3n) is 1.78. The highest BCUT2D eigenvalue weighted by molar-refractivity contribution is 7.98. The summed E-state index contributed by atoms with van der Waals surface area (Å²) >= 11 is 1.94. The fourth-order valence-corrected chi connectivity index (χ4v) is 2.03. The first-order chi connectivity index (χ1) is 6.38. The first-order valence-electron chi connectivity index (χ1n) is 4.59. The third-order valence-corrected chi connectivity index (χ3v) is 3.00. The molecule has 1 aromatic rings. The fraction of sp³-hybridized carbons (Fsp3) is 0.500. The standard InChI is InChI=1S/C10H16N2S/c1-2-6-13-8-9-4-3-5-12-10(9)7-11/h3-5H,2,6-8,11H2,1H3. The van der Waals surface area contributed by atoms with Gasteiger partial charge < -0.3 is 5.73 Å². The zero-order chi connectivity index (χ0) is 9.52. The van der Waals surface area contributed by atoms with Crippen LogP contribution in [0.5, 0.6) is 0 Å². The van der Waals surface area contributed by atoms with Crippen LogP contribution in [0.1, 0.15) is 24.6 Å². The largest absolute Gasteiger partial charge is 0.325 e. The number of rotatable bonds is 5. The molecule has 0 bridgehead atoms. The first-order valence-corrected chi connectivity index (χ1v) is 5.74. The molecule has 3 heteroatoms. The van der Waals surface area contributed by atoms with Crippen molar-refractivity contribution in [1.82, 2.24) is 4.98 Å². The maximum Gasteiger partial charge on any atom is 0.0579 e. The Morgan fingerprint density at radius 1 is 1.54 bits per heavy atom. The number of nitrogens with two attached hydrogens (primary N) is 1. The molecule has 0 aromatic carbocycles. The Balaban J connectivity index is 2.54. The number of nitrogens with zero attached hydrogens (tertiary/aromatic N) is 1. The van der Waals surface area contributed by atoms with E-state index in [1.54, 1.807) is 6.20 Å². The van der Waals surface area contributed by atoms with Crippen LogP contribution in [0.25, 0.3) is 0 Å². The molecule has 13 heavy (non-hydrogen) atoms. The minimum absolute atomic E-state index is 0.545. The van der Waals surface area contributed by atoms with Crippen LogP contribution in [-0.2, 0) is 12.3 Å². The third kappa shape index (κ3) is 3.36. The predicted octanol–water partition coefficient (Wildman–Crippen LogP) is 2.18. The molecule has 0 unspecified atom stereocenters. The lowest BCUT2D eigenvalue weighted by Gasteiger charge is -2.05. The average molecular weight is 196 g/mol. The summed E-state index contributed by atoms with van der Waals surface area (Å²) in [6, 6.07) is 4.08. The van der Waals surface area contributed by atoms with E-state index in [0.29, 0.717) is 6.54 Å². The van der Waals surface area contributed by atoms with Gasteiger partial charge in [0.1, 0.15) is 0 Å². The van der Waals surface area contributed by atoms with E-state index in [4.69, 9.17) is 5.73 Å².